The molecule has 0 saturated carbocycles. The summed E-state index contributed by atoms with van der Waals surface area (Å²) in [4.78, 5) is 25.5. The van der Waals surface area contributed by atoms with Gasteiger partial charge < -0.3 is 9.47 Å². The fraction of sp³-hybridized carbons (Fsp3) is 0.154. The fourth-order valence-corrected chi connectivity index (χ4v) is 4.20. The van der Waals surface area contributed by atoms with Gasteiger partial charge in [0.25, 0.3) is 11.8 Å². The first-order valence-electron chi connectivity index (χ1n) is 10.6. The summed E-state index contributed by atoms with van der Waals surface area (Å²) >= 11 is 10.1. The Morgan fingerprint density at radius 1 is 1.06 bits per heavy atom. The van der Waals surface area contributed by atoms with Crippen molar-refractivity contribution < 1.29 is 19.1 Å². The molecule has 4 rings (SSSR count). The highest BCUT2D eigenvalue weighted by molar-refractivity contribution is 9.10. The number of rotatable bonds is 7. The first-order chi connectivity index (χ1) is 16.4. The maximum Gasteiger partial charge on any atom is 0.282 e. The van der Waals surface area contributed by atoms with Crippen molar-refractivity contribution in [3.05, 3.63) is 92.4 Å². The normalized spacial score (nSPS) is 14.5. The number of ether oxygens (including phenoxy) is 2. The van der Waals surface area contributed by atoms with E-state index < -0.39 is 11.8 Å². The molecule has 1 saturated heterocycles. The number of aryl methyl sites for hydroxylation is 1. The van der Waals surface area contributed by atoms with E-state index in [1.807, 2.05) is 44.2 Å². The molecular weight excluding hydrogens is 520 g/mol. The second kappa shape index (κ2) is 10.3. The Bertz CT molecular complexity index is 1280. The molecule has 0 radical (unpaired) electrons. The number of hydrogen-bond acceptors (Lipinski definition) is 4. The van der Waals surface area contributed by atoms with Crippen LogP contribution in [0.3, 0.4) is 0 Å². The molecule has 1 N–H and O–H groups in total. The van der Waals surface area contributed by atoms with Gasteiger partial charge in [-0.1, -0.05) is 59.6 Å². The lowest BCUT2D eigenvalue weighted by Gasteiger charge is -2.16. The Labute approximate surface area is 211 Å². The summed E-state index contributed by atoms with van der Waals surface area (Å²) in [6.07, 6.45) is 1.49. The summed E-state index contributed by atoms with van der Waals surface area (Å²) in [5.41, 5.74) is 5.78. The molecule has 8 heteroatoms. The third-order valence-electron chi connectivity index (χ3n) is 5.13. The molecule has 2 amide bonds. The highest BCUT2D eigenvalue weighted by Crippen LogP contribution is 2.44. The van der Waals surface area contributed by atoms with Crippen molar-refractivity contribution in [3.8, 4) is 11.5 Å². The number of para-hydroxylation sites is 1. The largest absolute Gasteiger partial charge is 0.490 e. The van der Waals surface area contributed by atoms with Crippen molar-refractivity contribution in [1.82, 2.24) is 5.43 Å². The summed E-state index contributed by atoms with van der Waals surface area (Å²) in [6, 6.07) is 18.6. The smallest absolute Gasteiger partial charge is 0.282 e. The maximum absolute atomic E-state index is 13.0. The van der Waals surface area contributed by atoms with Crippen molar-refractivity contribution in [3.63, 3.8) is 0 Å². The summed E-state index contributed by atoms with van der Waals surface area (Å²) < 4.78 is 12.3. The molecule has 1 aliphatic rings. The molecule has 0 bridgehead atoms. The molecule has 34 heavy (non-hydrogen) atoms. The van der Waals surface area contributed by atoms with E-state index >= 15 is 0 Å². The van der Waals surface area contributed by atoms with Gasteiger partial charge in [0.2, 0.25) is 0 Å². The number of carbonyl (C=O) groups is 2. The highest BCUT2D eigenvalue weighted by atomic mass is 79.9. The lowest BCUT2D eigenvalue weighted by Crippen LogP contribution is -2.35. The van der Waals surface area contributed by atoms with Gasteiger partial charge in [0.15, 0.2) is 11.5 Å². The molecule has 0 unspecified atom stereocenters. The van der Waals surface area contributed by atoms with E-state index in [2.05, 4.69) is 21.4 Å². The van der Waals surface area contributed by atoms with E-state index in [0.29, 0.717) is 40.4 Å². The Morgan fingerprint density at radius 2 is 1.82 bits per heavy atom. The van der Waals surface area contributed by atoms with Crippen LogP contribution in [-0.4, -0.2) is 18.4 Å². The molecule has 0 aliphatic carbocycles. The number of benzene rings is 3. The molecule has 0 spiro atoms. The number of nitrogens with one attached hydrogen (secondary N) is 1. The Morgan fingerprint density at radius 3 is 2.53 bits per heavy atom. The fourth-order valence-electron chi connectivity index (χ4n) is 3.54. The van der Waals surface area contributed by atoms with Gasteiger partial charge in [0.05, 0.1) is 12.3 Å². The van der Waals surface area contributed by atoms with Gasteiger partial charge in [-0.25, -0.2) is 5.01 Å². The van der Waals surface area contributed by atoms with Gasteiger partial charge in [-0.05, 0) is 65.2 Å². The van der Waals surface area contributed by atoms with Crippen molar-refractivity contribution in [2.45, 2.75) is 20.5 Å². The monoisotopic (exact) mass is 540 g/mol. The zero-order chi connectivity index (χ0) is 24.2. The first kappa shape index (κ1) is 23.9. The van der Waals surface area contributed by atoms with Gasteiger partial charge in [-0.2, -0.15) is 0 Å². The Kier molecular flexibility index (Phi) is 7.24. The predicted octanol–water partition coefficient (Wildman–Crippen LogP) is 5.85. The molecule has 0 aromatic heterocycles. The minimum atomic E-state index is -0.505. The number of halogens is 2. The SMILES string of the molecule is CCOc1cc(/C=C2/C(=O)NN(c3ccccc3)C2=O)c(Br)c(Cl)c1OCc1cccc(C)c1. The standard InChI is InChI=1S/C26H22BrClN2O4/c1-3-33-21-14-18(13-20-25(31)29-30(26(20)32)19-10-5-4-6-11-19)22(27)23(28)24(21)34-15-17-9-7-8-16(2)12-17/h4-14H,3,15H2,1-2H3,(H,29,31)/b20-13-. The van der Waals surface area contributed by atoms with Crippen LogP contribution in [0.4, 0.5) is 5.69 Å². The summed E-state index contributed by atoms with van der Waals surface area (Å²) in [6.45, 7) is 4.56. The topological polar surface area (TPSA) is 67.9 Å². The third-order valence-corrected chi connectivity index (χ3v) is 6.57. The van der Waals surface area contributed by atoms with Crippen LogP contribution in [0.25, 0.3) is 6.08 Å². The number of amides is 2. The average Bonchev–Trinajstić information content (AvgIpc) is 3.11. The van der Waals surface area contributed by atoms with E-state index in [1.165, 1.54) is 11.1 Å². The molecule has 6 nitrogen and oxygen atoms in total. The average molecular weight is 542 g/mol. The van der Waals surface area contributed by atoms with Gasteiger partial charge in [0, 0.05) is 4.47 Å². The van der Waals surface area contributed by atoms with Gasteiger partial charge in [-0.15, -0.1) is 0 Å². The second-order valence-electron chi connectivity index (χ2n) is 7.61. The zero-order valence-electron chi connectivity index (χ0n) is 18.6. The molecule has 1 fully saturated rings. The summed E-state index contributed by atoms with van der Waals surface area (Å²) in [7, 11) is 0. The molecule has 1 aliphatic heterocycles. The second-order valence-corrected chi connectivity index (χ2v) is 8.78. The molecular formula is C26H22BrClN2O4. The molecule has 3 aromatic carbocycles. The predicted molar refractivity (Wildman–Crippen MR) is 136 cm³/mol. The van der Waals surface area contributed by atoms with Crippen LogP contribution >= 0.6 is 27.5 Å². The Hall–Kier alpha value is -3.29. The maximum atomic E-state index is 13.0. The van der Waals surface area contributed by atoms with Crippen LogP contribution in [-0.2, 0) is 16.2 Å². The zero-order valence-corrected chi connectivity index (χ0v) is 20.9. The Balaban J connectivity index is 1.67. The molecule has 0 atom stereocenters. The van der Waals surface area contributed by atoms with Crippen LogP contribution in [0.2, 0.25) is 5.02 Å². The highest BCUT2D eigenvalue weighted by Gasteiger charge is 2.34. The van der Waals surface area contributed by atoms with Crippen molar-refractivity contribution >= 4 is 51.1 Å². The van der Waals surface area contributed by atoms with E-state index in [4.69, 9.17) is 21.1 Å². The van der Waals surface area contributed by atoms with E-state index in [-0.39, 0.29) is 10.6 Å². The van der Waals surface area contributed by atoms with E-state index in [9.17, 15) is 9.59 Å². The number of nitrogens with zero attached hydrogens (tertiary/aromatic N) is 1. The summed E-state index contributed by atoms with van der Waals surface area (Å²) in [5.74, 6) is -0.167. The minimum absolute atomic E-state index is 0.0171. The number of hydrazine groups is 1. The van der Waals surface area contributed by atoms with Gasteiger partial charge >= 0.3 is 0 Å². The number of hydrogen-bond donors (Lipinski definition) is 1. The quantitative estimate of drug-likeness (QED) is 0.301. The van der Waals surface area contributed by atoms with Crippen molar-refractivity contribution in [1.29, 1.82) is 0 Å². The van der Waals surface area contributed by atoms with E-state index in [0.717, 1.165) is 11.1 Å². The number of carbonyl (C=O) groups excluding carboxylic acids is 2. The number of anilines is 1. The molecule has 3 aromatic rings. The van der Waals surface area contributed by atoms with Crippen molar-refractivity contribution in [2.75, 3.05) is 11.6 Å². The minimum Gasteiger partial charge on any atom is -0.490 e. The summed E-state index contributed by atoms with van der Waals surface area (Å²) in [5, 5.41) is 1.50. The van der Waals surface area contributed by atoms with Gasteiger partial charge in [-0.3, -0.25) is 15.0 Å². The van der Waals surface area contributed by atoms with E-state index in [1.54, 1.807) is 30.3 Å². The first-order valence-corrected chi connectivity index (χ1v) is 11.8. The molecule has 174 valence electrons. The van der Waals surface area contributed by atoms with Crippen LogP contribution in [0, 0.1) is 6.92 Å². The van der Waals surface area contributed by atoms with Crippen LogP contribution in [0.15, 0.2) is 70.7 Å². The van der Waals surface area contributed by atoms with Crippen LogP contribution in [0.1, 0.15) is 23.6 Å². The lowest BCUT2D eigenvalue weighted by molar-refractivity contribution is -0.117. The van der Waals surface area contributed by atoms with Gasteiger partial charge in [0.1, 0.15) is 17.2 Å². The van der Waals surface area contributed by atoms with Crippen molar-refractivity contribution in [2.24, 2.45) is 0 Å². The van der Waals surface area contributed by atoms with Crippen LogP contribution < -0.4 is 19.9 Å². The van der Waals surface area contributed by atoms with Crippen LogP contribution in [0.5, 0.6) is 11.5 Å². The molecule has 1 heterocycles. The lowest BCUT2D eigenvalue weighted by atomic mass is 10.1. The third kappa shape index (κ3) is 4.95.